The molecule has 0 saturated carbocycles. The number of likely N-dealkylation sites (N-methyl/N-ethyl adjacent to an activating group) is 1. The molecule has 0 N–H and O–H groups in total. The lowest BCUT2D eigenvalue weighted by Gasteiger charge is -2.25. The number of amides is 1. The van der Waals surface area contributed by atoms with Gasteiger partial charge in [0.2, 0.25) is 0 Å². The van der Waals surface area contributed by atoms with Gasteiger partial charge in [0.1, 0.15) is 5.75 Å². The molecular weight excluding hydrogens is 371 g/mol. The van der Waals surface area contributed by atoms with Crippen molar-refractivity contribution >= 4 is 5.91 Å². The molecule has 2 aromatic carbocycles. The van der Waals surface area contributed by atoms with Crippen LogP contribution in [0.4, 0.5) is 13.2 Å². The largest absolute Gasteiger partial charge is 0.573 e. The monoisotopic (exact) mass is 389 g/mol. The Morgan fingerprint density at radius 3 is 2.43 bits per heavy atom. The first-order valence-corrected chi connectivity index (χ1v) is 8.48. The Hall–Kier alpha value is -3.29. The molecule has 1 heterocycles. The zero-order valence-corrected chi connectivity index (χ0v) is 15.0. The zero-order valence-electron chi connectivity index (χ0n) is 15.0. The number of aromatic nitrogens is 2. The first-order valence-electron chi connectivity index (χ1n) is 8.48. The van der Waals surface area contributed by atoms with Gasteiger partial charge in [-0.05, 0) is 17.7 Å². The number of halogens is 3. The minimum atomic E-state index is -4.81. The maximum atomic E-state index is 13.1. The first-order chi connectivity index (χ1) is 13.3. The van der Waals surface area contributed by atoms with E-state index >= 15 is 0 Å². The van der Waals surface area contributed by atoms with Gasteiger partial charge in [-0.15, -0.1) is 13.2 Å². The van der Waals surface area contributed by atoms with Crippen LogP contribution in [0.5, 0.6) is 5.75 Å². The van der Waals surface area contributed by atoms with E-state index in [9.17, 15) is 18.0 Å². The van der Waals surface area contributed by atoms with Gasteiger partial charge >= 0.3 is 6.36 Å². The van der Waals surface area contributed by atoms with E-state index in [1.54, 1.807) is 36.7 Å². The van der Waals surface area contributed by atoms with Crippen molar-refractivity contribution in [3.63, 3.8) is 0 Å². The molecule has 0 aliphatic heterocycles. The molecule has 1 aromatic heterocycles. The van der Waals surface area contributed by atoms with Crippen LogP contribution in [0.25, 0.3) is 0 Å². The molecule has 1 amide bonds. The number of rotatable bonds is 6. The number of carbonyl (C=O) groups is 1. The van der Waals surface area contributed by atoms with Crippen LogP contribution >= 0.6 is 0 Å². The zero-order chi connectivity index (χ0) is 20.1. The molecule has 5 nitrogen and oxygen atoms in total. The second-order valence-corrected chi connectivity index (χ2v) is 6.15. The van der Waals surface area contributed by atoms with Crippen molar-refractivity contribution in [3.8, 4) is 5.75 Å². The highest BCUT2D eigenvalue weighted by Gasteiger charge is 2.32. The average Bonchev–Trinajstić information content (AvgIpc) is 3.17. The van der Waals surface area contributed by atoms with Crippen molar-refractivity contribution in [2.45, 2.75) is 18.9 Å². The molecule has 0 aliphatic carbocycles. The normalized spacial score (nSPS) is 12.4. The molecule has 0 saturated heterocycles. The Bertz CT molecular complexity index is 912. The lowest BCUT2D eigenvalue weighted by molar-refractivity contribution is -0.275. The Labute approximate surface area is 160 Å². The average molecular weight is 389 g/mol. The van der Waals surface area contributed by atoms with Crippen molar-refractivity contribution in [1.82, 2.24) is 14.7 Å². The first kappa shape index (κ1) is 19.5. The van der Waals surface area contributed by atoms with Crippen LogP contribution in [0.1, 0.15) is 17.2 Å². The maximum Gasteiger partial charge on any atom is 0.573 e. The van der Waals surface area contributed by atoms with Crippen LogP contribution in [0, 0.1) is 0 Å². The quantitative estimate of drug-likeness (QED) is 0.640. The minimum Gasteiger partial charge on any atom is -0.405 e. The summed E-state index contributed by atoms with van der Waals surface area (Å²) in [4.78, 5) is 14.5. The van der Waals surface area contributed by atoms with E-state index in [1.165, 1.54) is 34.8 Å². The third-order valence-corrected chi connectivity index (χ3v) is 4.12. The fourth-order valence-corrected chi connectivity index (χ4v) is 2.88. The minimum absolute atomic E-state index is 0.0459. The highest BCUT2D eigenvalue weighted by molar-refractivity contribution is 5.83. The fraction of sp³-hybridized carbons (Fsp3) is 0.200. The molecule has 3 rings (SSSR count). The Morgan fingerprint density at radius 1 is 1.11 bits per heavy atom. The summed E-state index contributed by atoms with van der Waals surface area (Å²) in [6, 6.07) is 15.8. The summed E-state index contributed by atoms with van der Waals surface area (Å²) in [5.74, 6) is -0.637. The summed E-state index contributed by atoms with van der Waals surface area (Å²) in [5.41, 5.74) is 0.978. The van der Waals surface area contributed by atoms with E-state index in [0.717, 1.165) is 5.56 Å². The van der Waals surface area contributed by atoms with Crippen molar-refractivity contribution in [2.24, 2.45) is 0 Å². The van der Waals surface area contributed by atoms with Gasteiger partial charge in [0.05, 0.1) is 0 Å². The number of para-hydroxylation sites is 1. The molecule has 3 aromatic rings. The van der Waals surface area contributed by atoms with E-state index < -0.39 is 12.4 Å². The van der Waals surface area contributed by atoms with Gasteiger partial charge in [0.25, 0.3) is 5.91 Å². The third-order valence-electron chi connectivity index (χ3n) is 4.12. The highest BCUT2D eigenvalue weighted by atomic mass is 19.4. The SMILES string of the molecule is CN(Cc1ccccc1OC(F)(F)F)C(=O)C(c1ccccc1)n1cccn1. The lowest BCUT2D eigenvalue weighted by Crippen LogP contribution is -2.35. The number of carbonyl (C=O) groups excluding carboxylic acids is 1. The van der Waals surface area contributed by atoms with Gasteiger partial charge in [-0.25, -0.2) is 0 Å². The van der Waals surface area contributed by atoms with Gasteiger partial charge in [-0.1, -0.05) is 48.5 Å². The summed E-state index contributed by atoms with van der Waals surface area (Å²) in [5, 5.41) is 4.17. The summed E-state index contributed by atoms with van der Waals surface area (Å²) >= 11 is 0. The van der Waals surface area contributed by atoms with Gasteiger partial charge < -0.3 is 9.64 Å². The van der Waals surface area contributed by atoms with E-state index in [0.29, 0.717) is 0 Å². The standard InChI is InChI=1S/C20H18F3N3O2/c1-25(14-16-10-5-6-11-17(16)28-20(21,22)23)19(27)18(26-13-7-12-24-26)15-8-3-2-4-9-15/h2-13,18H,14H2,1H3. The molecule has 0 aliphatic rings. The Balaban J connectivity index is 1.85. The van der Waals surface area contributed by atoms with E-state index in [2.05, 4.69) is 9.84 Å². The summed E-state index contributed by atoms with van der Waals surface area (Å²) < 4.78 is 43.5. The molecule has 146 valence electrons. The number of alkyl halides is 3. The molecule has 0 bridgehead atoms. The third kappa shape index (κ3) is 4.70. The predicted octanol–water partition coefficient (Wildman–Crippen LogP) is 4.03. The van der Waals surface area contributed by atoms with Crippen molar-refractivity contribution in [2.75, 3.05) is 7.05 Å². The van der Waals surface area contributed by atoms with Gasteiger partial charge in [-0.3, -0.25) is 9.48 Å². The molecule has 1 unspecified atom stereocenters. The molecule has 0 fully saturated rings. The topological polar surface area (TPSA) is 47.4 Å². The number of nitrogens with zero attached hydrogens (tertiary/aromatic N) is 3. The lowest BCUT2D eigenvalue weighted by atomic mass is 10.1. The van der Waals surface area contributed by atoms with Crippen LogP contribution in [-0.2, 0) is 11.3 Å². The fourth-order valence-electron chi connectivity index (χ4n) is 2.88. The van der Waals surface area contributed by atoms with E-state index in [-0.39, 0.29) is 23.8 Å². The number of hydrogen-bond donors (Lipinski definition) is 0. The van der Waals surface area contributed by atoms with Gasteiger partial charge in [-0.2, -0.15) is 5.10 Å². The van der Waals surface area contributed by atoms with Crippen molar-refractivity contribution in [1.29, 1.82) is 0 Å². The second kappa shape index (κ2) is 8.16. The Kier molecular flexibility index (Phi) is 5.67. The van der Waals surface area contributed by atoms with Crippen LogP contribution in [0.3, 0.4) is 0 Å². The smallest absolute Gasteiger partial charge is 0.405 e. The summed E-state index contributed by atoms with van der Waals surface area (Å²) in [7, 11) is 1.53. The number of ether oxygens (including phenoxy) is 1. The van der Waals surface area contributed by atoms with Crippen LogP contribution in [-0.4, -0.2) is 34.0 Å². The number of hydrogen-bond acceptors (Lipinski definition) is 3. The summed E-state index contributed by atoms with van der Waals surface area (Å²) in [6.45, 7) is -0.0459. The van der Waals surface area contributed by atoms with Crippen molar-refractivity contribution < 1.29 is 22.7 Å². The molecule has 28 heavy (non-hydrogen) atoms. The highest BCUT2D eigenvalue weighted by Crippen LogP contribution is 2.28. The molecule has 1 atom stereocenters. The molecule has 0 radical (unpaired) electrons. The maximum absolute atomic E-state index is 13.1. The Morgan fingerprint density at radius 2 is 1.79 bits per heavy atom. The van der Waals surface area contributed by atoms with Gasteiger partial charge in [0, 0.05) is 31.5 Å². The van der Waals surface area contributed by atoms with Crippen LogP contribution < -0.4 is 4.74 Å². The van der Waals surface area contributed by atoms with Crippen LogP contribution in [0.15, 0.2) is 73.1 Å². The van der Waals surface area contributed by atoms with E-state index in [4.69, 9.17) is 0 Å². The predicted molar refractivity (Wildman–Crippen MR) is 96.4 cm³/mol. The number of benzene rings is 2. The van der Waals surface area contributed by atoms with Gasteiger partial charge in [0.15, 0.2) is 6.04 Å². The molecule has 8 heteroatoms. The second-order valence-electron chi connectivity index (χ2n) is 6.15. The van der Waals surface area contributed by atoms with Crippen molar-refractivity contribution in [3.05, 3.63) is 84.2 Å². The summed E-state index contributed by atoms with van der Waals surface area (Å²) in [6.07, 6.45) is -1.57. The van der Waals surface area contributed by atoms with Crippen LogP contribution in [0.2, 0.25) is 0 Å². The van der Waals surface area contributed by atoms with E-state index in [1.807, 2.05) is 18.2 Å². The molecule has 0 spiro atoms. The molecular formula is C20H18F3N3O2.